The molecule has 1 aromatic carbocycles. The van der Waals surface area contributed by atoms with Crippen LogP contribution in [0.1, 0.15) is 18.4 Å². The van der Waals surface area contributed by atoms with Crippen LogP contribution in [-0.4, -0.2) is 47.9 Å². The fourth-order valence-electron chi connectivity index (χ4n) is 2.72. The molecule has 110 valence electrons. The van der Waals surface area contributed by atoms with E-state index in [4.69, 9.17) is 11.6 Å². The molecular formula is C14H20ClN3O2. The van der Waals surface area contributed by atoms with Crippen molar-refractivity contribution >= 4 is 17.3 Å². The average Bonchev–Trinajstić information content (AvgIpc) is 2.77. The van der Waals surface area contributed by atoms with E-state index in [-0.39, 0.29) is 10.6 Å². The molecule has 0 N–H and O–H groups in total. The first kappa shape index (κ1) is 15.2. The first-order valence-electron chi connectivity index (χ1n) is 6.79. The van der Waals surface area contributed by atoms with Crippen molar-refractivity contribution in [3.05, 3.63) is 38.9 Å². The van der Waals surface area contributed by atoms with Gasteiger partial charge in [-0.3, -0.25) is 10.1 Å². The lowest BCUT2D eigenvalue weighted by Crippen LogP contribution is -2.36. The minimum absolute atomic E-state index is 0.0933. The summed E-state index contributed by atoms with van der Waals surface area (Å²) in [5, 5.41) is 11.4. The first-order chi connectivity index (χ1) is 9.47. The zero-order chi connectivity index (χ0) is 14.7. The van der Waals surface area contributed by atoms with Crippen LogP contribution in [-0.2, 0) is 6.54 Å². The van der Waals surface area contributed by atoms with E-state index < -0.39 is 0 Å². The molecule has 0 amide bonds. The Bertz CT molecular complexity index is 495. The second-order valence-electron chi connectivity index (χ2n) is 5.51. The third-order valence-electron chi connectivity index (χ3n) is 3.87. The Morgan fingerprint density at radius 1 is 1.55 bits per heavy atom. The minimum atomic E-state index is -0.384. The zero-order valence-corrected chi connectivity index (χ0v) is 12.6. The summed E-state index contributed by atoms with van der Waals surface area (Å²) in [6.07, 6.45) is 2.45. The summed E-state index contributed by atoms with van der Waals surface area (Å²) in [5.41, 5.74) is 0.903. The molecule has 1 unspecified atom stereocenters. The van der Waals surface area contributed by atoms with Gasteiger partial charge in [0.25, 0.3) is 5.69 Å². The number of nitro benzene ring substituents is 1. The van der Waals surface area contributed by atoms with Gasteiger partial charge in [-0.2, -0.15) is 0 Å². The quantitative estimate of drug-likeness (QED) is 0.619. The smallest absolute Gasteiger partial charge is 0.269 e. The molecule has 0 radical (unpaired) electrons. The van der Waals surface area contributed by atoms with Gasteiger partial charge in [-0.15, -0.1) is 0 Å². The second kappa shape index (κ2) is 6.52. The van der Waals surface area contributed by atoms with Crippen molar-refractivity contribution < 1.29 is 4.92 Å². The van der Waals surface area contributed by atoms with Crippen molar-refractivity contribution in [3.8, 4) is 0 Å². The summed E-state index contributed by atoms with van der Waals surface area (Å²) in [6.45, 7) is 2.73. The number of hydrogen-bond donors (Lipinski definition) is 0. The molecule has 0 bridgehead atoms. The molecule has 0 spiro atoms. The van der Waals surface area contributed by atoms with Crippen LogP contribution in [0.25, 0.3) is 0 Å². The van der Waals surface area contributed by atoms with Gasteiger partial charge < -0.3 is 9.80 Å². The Kier molecular flexibility index (Phi) is 4.96. The fourth-order valence-corrected chi connectivity index (χ4v) is 2.90. The summed E-state index contributed by atoms with van der Waals surface area (Å²) < 4.78 is 0. The van der Waals surface area contributed by atoms with Crippen LogP contribution < -0.4 is 0 Å². The predicted molar refractivity (Wildman–Crippen MR) is 80.1 cm³/mol. The molecule has 1 aliphatic heterocycles. The summed E-state index contributed by atoms with van der Waals surface area (Å²) in [4.78, 5) is 15.0. The lowest BCUT2D eigenvalue weighted by molar-refractivity contribution is -0.384. The van der Waals surface area contributed by atoms with Crippen LogP contribution in [0.15, 0.2) is 18.2 Å². The van der Waals surface area contributed by atoms with Crippen molar-refractivity contribution in [1.29, 1.82) is 0 Å². The lowest BCUT2D eigenvalue weighted by Gasteiger charge is -2.26. The molecule has 2 rings (SSSR count). The highest BCUT2D eigenvalue weighted by Gasteiger charge is 2.22. The van der Waals surface area contributed by atoms with Gasteiger partial charge in [0.05, 0.1) is 4.92 Å². The molecular weight excluding hydrogens is 278 g/mol. The standard InChI is InChI=1S/C14H20ClN3O2/c1-16(10-13-4-3-7-17(13)2)9-11-8-12(18(19)20)5-6-14(11)15/h5-6,8,13H,3-4,7,9-10H2,1-2H3. The van der Waals surface area contributed by atoms with Crippen molar-refractivity contribution in [3.63, 3.8) is 0 Å². The van der Waals surface area contributed by atoms with Gasteiger partial charge in [-0.25, -0.2) is 0 Å². The zero-order valence-electron chi connectivity index (χ0n) is 11.9. The van der Waals surface area contributed by atoms with E-state index in [0.29, 0.717) is 17.6 Å². The van der Waals surface area contributed by atoms with E-state index in [1.807, 2.05) is 7.05 Å². The van der Waals surface area contributed by atoms with E-state index in [9.17, 15) is 10.1 Å². The van der Waals surface area contributed by atoms with Crippen LogP contribution in [0, 0.1) is 10.1 Å². The van der Waals surface area contributed by atoms with Gasteiger partial charge in [-0.1, -0.05) is 11.6 Å². The normalized spacial score (nSPS) is 19.7. The van der Waals surface area contributed by atoms with E-state index in [1.54, 1.807) is 12.1 Å². The van der Waals surface area contributed by atoms with Crippen LogP contribution >= 0.6 is 11.6 Å². The summed E-state index contributed by atoms with van der Waals surface area (Å²) in [6, 6.07) is 5.18. The highest BCUT2D eigenvalue weighted by molar-refractivity contribution is 6.31. The van der Waals surface area contributed by atoms with E-state index in [0.717, 1.165) is 18.7 Å². The Labute approximate surface area is 124 Å². The summed E-state index contributed by atoms with van der Waals surface area (Å²) in [7, 11) is 4.17. The summed E-state index contributed by atoms with van der Waals surface area (Å²) >= 11 is 6.13. The third-order valence-corrected chi connectivity index (χ3v) is 4.24. The number of hydrogen-bond acceptors (Lipinski definition) is 4. The van der Waals surface area contributed by atoms with Crippen molar-refractivity contribution in [2.75, 3.05) is 27.2 Å². The highest BCUT2D eigenvalue weighted by atomic mass is 35.5. The maximum absolute atomic E-state index is 10.8. The molecule has 1 aromatic rings. The largest absolute Gasteiger partial charge is 0.302 e. The molecule has 1 saturated heterocycles. The Balaban J connectivity index is 2.01. The van der Waals surface area contributed by atoms with Crippen LogP contribution in [0.2, 0.25) is 5.02 Å². The first-order valence-corrected chi connectivity index (χ1v) is 7.17. The number of likely N-dealkylation sites (N-methyl/N-ethyl adjacent to an activating group) is 2. The average molecular weight is 298 g/mol. The molecule has 20 heavy (non-hydrogen) atoms. The third kappa shape index (κ3) is 3.69. The Morgan fingerprint density at radius 3 is 2.90 bits per heavy atom. The predicted octanol–water partition coefficient (Wildman–Crippen LogP) is 2.77. The number of halogens is 1. The van der Waals surface area contributed by atoms with Gasteiger partial charge in [0.1, 0.15) is 0 Å². The van der Waals surface area contributed by atoms with Crippen LogP contribution in [0.5, 0.6) is 0 Å². The van der Waals surface area contributed by atoms with Gasteiger partial charge >= 0.3 is 0 Å². The van der Waals surface area contributed by atoms with Crippen LogP contribution in [0.4, 0.5) is 5.69 Å². The van der Waals surface area contributed by atoms with Gasteiger partial charge in [0.2, 0.25) is 0 Å². The molecule has 1 atom stereocenters. The monoisotopic (exact) mass is 297 g/mol. The summed E-state index contributed by atoms with van der Waals surface area (Å²) in [5.74, 6) is 0. The molecule has 0 saturated carbocycles. The van der Waals surface area contributed by atoms with Gasteiger partial charge in [0, 0.05) is 36.3 Å². The van der Waals surface area contributed by atoms with E-state index in [1.165, 1.54) is 18.9 Å². The Morgan fingerprint density at radius 2 is 2.30 bits per heavy atom. The number of benzene rings is 1. The molecule has 1 aliphatic rings. The Hall–Kier alpha value is -1.17. The van der Waals surface area contributed by atoms with E-state index in [2.05, 4.69) is 16.8 Å². The number of rotatable bonds is 5. The molecule has 1 fully saturated rings. The van der Waals surface area contributed by atoms with E-state index >= 15 is 0 Å². The molecule has 6 heteroatoms. The van der Waals surface area contributed by atoms with Crippen molar-refractivity contribution in [2.24, 2.45) is 0 Å². The van der Waals surface area contributed by atoms with Crippen molar-refractivity contribution in [2.45, 2.75) is 25.4 Å². The van der Waals surface area contributed by atoms with Crippen LogP contribution in [0.3, 0.4) is 0 Å². The number of nitrogens with zero attached hydrogens (tertiary/aromatic N) is 3. The molecule has 0 aromatic heterocycles. The number of likely N-dealkylation sites (tertiary alicyclic amines) is 1. The van der Waals surface area contributed by atoms with Gasteiger partial charge in [0.15, 0.2) is 0 Å². The maximum Gasteiger partial charge on any atom is 0.269 e. The highest BCUT2D eigenvalue weighted by Crippen LogP contribution is 2.24. The molecule has 1 heterocycles. The second-order valence-corrected chi connectivity index (χ2v) is 5.91. The maximum atomic E-state index is 10.8. The van der Waals surface area contributed by atoms with Crippen molar-refractivity contribution in [1.82, 2.24) is 9.80 Å². The van der Waals surface area contributed by atoms with Gasteiger partial charge in [-0.05, 0) is 45.1 Å². The topological polar surface area (TPSA) is 49.6 Å². The lowest BCUT2D eigenvalue weighted by atomic mass is 10.1. The molecule has 0 aliphatic carbocycles. The number of nitro groups is 1. The molecule has 5 nitrogen and oxygen atoms in total. The minimum Gasteiger partial charge on any atom is -0.302 e. The fraction of sp³-hybridized carbons (Fsp3) is 0.571. The SMILES string of the molecule is CN(Cc1cc([N+](=O)[O-])ccc1Cl)CC1CCCN1C. The number of non-ortho nitro benzene ring substituents is 1.